The van der Waals surface area contributed by atoms with Crippen molar-refractivity contribution < 1.29 is 24.7 Å². The van der Waals surface area contributed by atoms with Crippen molar-refractivity contribution in [2.75, 3.05) is 0 Å². The molecule has 25 heavy (non-hydrogen) atoms. The van der Waals surface area contributed by atoms with Crippen LogP contribution < -0.4 is 5.32 Å². The van der Waals surface area contributed by atoms with Crippen molar-refractivity contribution >= 4 is 17.6 Å². The smallest absolute Gasteiger partial charge is 0.329 e. The van der Waals surface area contributed by atoms with Gasteiger partial charge in [-0.05, 0) is 11.1 Å². The van der Waals surface area contributed by atoms with E-state index in [1.165, 1.54) is 18.2 Å². The van der Waals surface area contributed by atoms with E-state index in [1.54, 1.807) is 30.3 Å². The summed E-state index contributed by atoms with van der Waals surface area (Å²) < 4.78 is 0. The van der Waals surface area contributed by atoms with Gasteiger partial charge in [0, 0.05) is 12.1 Å². The Labute approximate surface area is 142 Å². The molecule has 2 atom stereocenters. The molecule has 2 rings (SSSR count). The average molecular weight is 344 g/mol. The Hall–Kier alpha value is -3.26. The molecule has 0 aliphatic carbocycles. The minimum atomic E-state index is -1.63. The number of aliphatic hydroxyl groups is 1. The van der Waals surface area contributed by atoms with Gasteiger partial charge in [-0.1, -0.05) is 42.5 Å². The highest BCUT2D eigenvalue weighted by atomic mass is 16.6. The second kappa shape index (κ2) is 8.02. The lowest BCUT2D eigenvalue weighted by Crippen LogP contribution is -2.45. The highest BCUT2D eigenvalue weighted by Gasteiger charge is 2.30. The number of non-ortho nitro benzene ring substituents is 1. The monoisotopic (exact) mass is 344 g/mol. The summed E-state index contributed by atoms with van der Waals surface area (Å²) in [5, 5.41) is 32.6. The molecular weight excluding hydrogens is 328 g/mol. The molecule has 0 saturated heterocycles. The fourth-order valence-corrected chi connectivity index (χ4v) is 2.30. The van der Waals surface area contributed by atoms with Crippen LogP contribution in [-0.4, -0.2) is 33.1 Å². The average Bonchev–Trinajstić information content (AvgIpc) is 2.60. The van der Waals surface area contributed by atoms with Gasteiger partial charge in [-0.25, -0.2) is 4.79 Å². The molecule has 0 saturated carbocycles. The first-order valence-corrected chi connectivity index (χ1v) is 7.37. The van der Waals surface area contributed by atoms with Crippen molar-refractivity contribution in [3.8, 4) is 0 Å². The number of hydrogen-bond acceptors (Lipinski definition) is 5. The van der Waals surface area contributed by atoms with E-state index < -0.39 is 28.9 Å². The number of rotatable bonds is 7. The number of nitrogens with zero attached hydrogens (tertiary/aromatic N) is 1. The van der Waals surface area contributed by atoms with Gasteiger partial charge < -0.3 is 15.5 Å². The van der Waals surface area contributed by atoms with Crippen molar-refractivity contribution in [2.45, 2.75) is 18.6 Å². The SMILES string of the molecule is O=C(Cc1ccccc1)N[C@H](C(=O)O)[C@H](O)c1cccc([N+](=O)[O-])c1. The topological polar surface area (TPSA) is 130 Å². The van der Waals surface area contributed by atoms with E-state index in [0.717, 1.165) is 6.07 Å². The maximum absolute atomic E-state index is 12.0. The lowest BCUT2D eigenvalue weighted by Gasteiger charge is -2.20. The Morgan fingerprint density at radius 1 is 1.12 bits per heavy atom. The van der Waals surface area contributed by atoms with Crippen molar-refractivity contribution in [3.05, 3.63) is 75.8 Å². The van der Waals surface area contributed by atoms with Gasteiger partial charge in [0.2, 0.25) is 5.91 Å². The maximum Gasteiger partial charge on any atom is 0.329 e. The first-order chi connectivity index (χ1) is 11.9. The number of nitrogens with one attached hydrogen (secondary N) is 1. The number of carboxylic acids is 1. The maximum atomic E-state index is 12.0. The van der Waals surface area contributed by atoms with Crippen molar-refractivity contribution in [2.24, 2.45) is 0 Å². The molecule has 8 heteroatoms. The fraction of sp³-hybridized carbons (Fsp3) is 0.176. The molecule has 0 aliphatic heterocycles. The molecule has 130 valence electrons. The minimum Gasteiger partial charge on any atom is -0.480 e. The number of carbonyl (C=O) groups excluding carboxylic acids is 1. The van der Waals surface area contributed by atoms with Crippen molar-refractivity contribution in [1.82, 2.24) is 5.32 Å². The van der Waals surface area contributed by atoms with E-state index >= 15 is 0 Å². The largest absolute Gasteiger partial charge is 0.480 e. The van der Waals surface area contributed by atoms with Crippen molar-refractivity contribution in [1.29, 1.82) is 0 Å². The molecule has 8 nitrogen and oxygen atoms in total. The Kier molecular flexibility index (Phi) is 5.80. The van der Waals surface area contributed by atoms with Gasteiger partial charge in [-0.3, -0.25) is 14.9 Å². The zero-order chi connectivity index (χ0) is 18.4. The van der Waals surface area contributed by atoms with Gasteiger partial charge >= 0.3 is 5.97 Å². The summed E-state index contributed by atoms with van der Waals surface area (Å²) >= 11 is 0. The normalized spacial score (nSPS) is 12.8. The van der Waals surface area contributed by atoms with Crippen molar-refractivity contribution in [3.63, 3.8) is 0 Å². The third kappa shape index (κ3) is 4.85. The zero-order valence-electron chi connectivity index (χ0n) is 13.0. The number of nitro groups is 1. The number of aliphatic hydroxyl groups excluding tert-OH is 1. The molecule has 0 radical (unpaired) electrons. The summed E-state index contributed by atoms with van der Waals surface area (Å²) in [6, 6.07) is 12.1. The summed E-state index contributed by atoms with van der Waals surface area (Å²) in [7, 11) is 0. The van der Waals surface area contributed by atoms with Crippen LogP contribution in [0.3, 0.4) is 0 Å². The predicted molar refractivity (Wildman–Crippen MR) is 87.8 cm³/mol. The van der Waals surface area contributed by atoms with Gasteiger partial charge in [0.25, 0.3) is 5.69 Å². The molecule has 0 fully saturated rings. The second-order valence-corrected chi connectivity index (χ2v) is 5.34. The number of hydrogen-bond donors (Lipinski definition) is 3. The number of nitro benzene ring substituents is 1. The summed E-state index contributed by atoms with van der Waals surface area (Å²) in [4.78, 5) is 33.6. The van der Waals surface area contributed by atoms with E-state index in [0.29, 0.717) is 5.56 Å². The minimum absolute atomic E-state index is 0.0293. The predicted octanol–water partition coefficient (Wildman–Crippen LogP) is 1.44. The Morgan fingerprint density at radius 2 is 1.80 bits per heavy atom. The zero-order valence-corrected chi connectivity index (χ0v) is 13.0. The molecular formula is C17H16N2O6. The Morgan fingerprint density at radius 3 is 2.40 bits per heavy atom. The van der Waals surface area contributed by atoms with Crippen LogP contribution in [0.25, 0.3) is 0 Å². The summed E-state index contributed by atoms with van der Waals surface area (Å²) in [5.41, 5.74) is 0.437. The van der Waals surface area contributed by atoms with Gasteiger partial charge in [-0.2, -0.15) is 0 Å². The van der Waals surface area contributed by atoms with Crippen LogP contribution in [0.15, 0.2) is 54.6 Å². The van der Waals surface area contributed by atoms with E-state index in [1.807, 2.05) is 0 Å². The van der Waals surface area contributed by atoms with Crippen LogP contribution in [-0.2, 0) is 16.0 Å². The van der Waals surface area contributed by atoms with Crippen LogP contribution in [0, 0.1) is 10.1 Å². The summed E-state index contributed by atoms with van der Waals surface area (Å²) in [6.07, 6.45) is -1.68. The van der Waals surface area contributed by atoms with Gasteiger partial charge in [-0.15, -0.1) is 0 Å². The number of carbonyl (C=O) groups is 2. The number of amides is 1. The van der Waals surface area contributed by atoms with Crippen LogP contribution in [0.4, 0.5) is 5.69 Å². The Balaban J connectivity index is 2.14. The molecule has 0 heterocycles. The lowest BCUT2D eigenvalue weighted by molar-refractivity contribution is -0.385. The molecule has 0 spiro atoms. The van der Waals surface area contributed by atoms with Crippen LogP contribution in [0.2, 0.25) is 0 Å². The van der Waals surface area contributed by atoms with E-state index in [9.17, 15) is 29.9 Å². The van der Waals surface area contributed by atoms with Gasteiger partial charge in [0.1, 0.15) is 6.10 Å². The second-order valence-electron chi connectivity index (χ2n) is 5.34. The Bertz CT molecular complexity index is 778. The lowest BCUT2D eigenvalue weighted by atomic mass is 10.0. The summed E-state index contributed by atoms with van der Waals surface area (Å²) in [6.45, 7) is 0. The van der Waals surface area contributed by atoms with Crippen LogP contribution in [0.5, 0.6) is 0 Å². The fourth-order valence-electron chi connectivity index (χ4n) is 2.30. The number of carboxylic acid groups (broad SMARTS) is 1. The number of benzene rings is 2. The molecule has 3 N–H and O–H groups in total. The molecule has 1 amide bonds. The quantitative estimate of drug-likeness (QED) is 0.515. The molecule has 0 bridgehead atoms. The standard InChI is InChI=1S/C17H16N2O6/c20-14(9-11-5-2-1-3-6-11)18-15(17(22)23)16(21)12-7-4-8-13(10-12)19(24)25/h1-8,10,15-16,21H,9H2,(H,18,20)(H,22,23)/t15-,16+/m0/s1. The first kappa shape index (κ1) is 18.1. The van der Waals surface area contributed by atoms with E-state index in [-0.39, 0.29) is 17.7 Å². The van der Waals surface area contributed by atoms with E-state index in [4.69, 9.17) is 0 Å². The van der Waals surface area contributed by atoms with Gasteiger partial charge in [0.05, 0.1) is 11.3 Å². The third-order valence-electron chi connectivity index (χ3n) is 3.53. The molecule has 0 unspecified atom stereocenters. The van der Waals surface area contributed by atoms with Crippen LogP contribution in [0.1, 0.15) is 17.2 Å². The number of aliphatic carboxylic acids is 1. The van der Waals surface area contributed by atoms with Gasteiger partial charge in [0.15, 0.2) is 6.04 Å². The molecule has 0 aromatic heterocycles. The third-order valence-corrected chi connectivity index (χ3v) is 3.53. The highest BCUT2D eigenvalue weighted by molar-refractivity contribution is 5.85. The molecule has 0 aliphatic rings. The molecule has 2 aromatic rings. The van der Waals surface area contributed by atoms with Crippen LogP contribution >= 0.6 is 0 Å². The van der Waals surface area contributed by atoms with E-state index in [2.05, 4.69) is 5.32 Å². The highest BCUT2D eigenvalue weighted by Crippen LogP contribution is 2.22. The summed E-state index contributed by atoms with van der Waals surface area (Å²) in [5.74, 6) is -2.02. The molecule has 2 aromatic carbocycles. The first-order valence-electron chi connectivity index (χ1n) is 7.37.